The summed E-state index contributed by atoms with van der Waals surface area (Å²) in [5.74, 6) is 0.382. The van der Waals surface area contributed by atoms with Gasteiger partial charge in [-0.2, -0.15) is 0 Å². The van der Waals surface area contributed by atoms with Crippen molar-refractivity contribution >= 4 is 12.1 Å². The lowest BCUT2D eigenvalue weighted by Crippen LogP contribution is -2.38. The largest absolute Gasteiger partial charge is 0.493 e. The van der Waals surface area contributed by atoms with E-state index >= 15 is 0 Å². The number of carboxylic acid groups (broad SMARTS) is 1. The van der Waals surface area contributed by atoms with Crippen molar-refractivity contribution in [3.63, 3.8) is 0 Å². The van der Waals surface area contributed by atoms with Crippen molar-refractivity contribution in [2.45, 2.75) is 39.2 Å². The number of carbonyl (C=O) groups excluding carboxylic acids is 1. The minimum atomic E-state index is -1.03. The summed E-state index contributed by atoms with van der Waals surface area (Å²) in [6.07, 6.45) is 1.14. The fourth-order valence-corrected chi connectivity index (χ4v) is 3.29. The number of methoxy groups -OCH3 is 1. The van der Waals surface area contributed by atoms with E-state index in [2.05, 4.69) is 0 Å². The Morgan fingerprint density at radius 3 is 2.30 bits per heavy atom. The average molecular weight is 413 g/mol. The maximum Gasteiger partial charge on any atom is 0.410 e. The molecule has 0 saturated heterocycles. The zero-order chi connectivity index (χ0) is 21.9. The van der Waals surface area contributed by atoms with E-state index in [-0.39, 0.29) is 11.7 Å². The van der Waals surface area contributed by atoms with Crippen molar-refractivity contribution in [3.8, 4) is 17.2 Å². The molecule has 0 bridgehead atoms. The van der Waals surface area contributed by atoms with E-state index < -0.39 is 11.6 Å². The van der Waals surface area contributed by atoms with Gasteiger partial charge in [0, 0.05) is 13.1 Å². The molecule has 2 aromatic rings. The van der Waals surface area contributed by atoms with Gasteiger partial charge in [0.2, 0.25) is 0 Å². The third kappa shape index (κ3) is 5.23. The van der Waals surface area contributed by atoms with Gasteiger partial charge in [-0.05, 0) is 75.1 Å². The highest BCUT2D eigenvalue weighted by molar-refractivity contribution is 5.88. The molecule has 1 heterocycles. The van der Waals surface area contributed by atoms with Crippen LogP contribution in [0.3, 0.4) is 0 Å². The van der Waals surface area contributed by atoms with Gasteiger partial charge in [0.25, 0.3) is 0 Å². The van der Waals surface area contributed by atoms with Crippen LogP contribution in [0.5, 0.6) is 17.2 Å². The molecule has 3 rings (SSSR count). The molecule has 0 atom stereocenters. The Morgan fingerprint density at radius 2 is 1.67 bits per heavy atom. The first-order chi connectivity index (χ1) is 14.2. The van der Waals surface area contributed by atoms with Gasteiger partial charge in [0.15, 0.2) is 11.5 Å². The van der Waals surface area contributed by atoms with Crippen molar-refractivity contribution in [1.82, 2.24) is 4.90 Å². The van der Waals surface area contributed by atoms with E-state index in [9.17, 15) is 9.59 Å². The molecule has 0 aromatic heterocycles. The number of benzene rings is 2. The second kappa shape index (κ2) is 8.65. The number of carboxylic acids is 1. The van der Waals surface area contributed by atoms with Gasteiger partial charge in [-0.3, -0.25) is 0 Å². The molecule has 0 fully saturated rings. The first-order valence-corrected chi connectivity index (χ1v) is 9.85. The van der Waals surface area contributed by atoms with E-state index in [4.69, 9.17) is 19.3 Å². The zero-order valence-electron chi connectivity index (χ0n) is 17.7. The van der Waals surface area contributed by atoms with Crippen LogP contribution in [0.25, 0.3) is 0 Å². The van der Waals surface area contributed by atoms with Crippen LogP contribution in [-0.4, -0.2) is 47.9 Å². The Kier molecular flexibility index (Phi) is 6.20. The van der Waals surface area contributed by atoms with Gasteiger partial charge in [-0.15, -0.1) is 0 Å². The molecule has 0 aliphatic carbocycles. The summed E-state index contributed by atoms with van der Waals surface area (Å²) in [5, 5.41) is 9.13. The van der Waals surface area contributed by atoms with Crippen molar-refractivity contribution < 1.29 is 28.9 Å². The second-order valence-corrected chi connectivity index (χ2v) is 8.17. The lowest BCUT2D eigenvalue weighted by Gasteiger charge is -2.26. The number of hydrogen-bond donors (Lipinski definition) is 1. The zero-order valence-corrected chi connectivity index (χ0v) is 17.7. The molecule has 0 unspecified atom stereocenters. The quantitative estimate of drug-likeness (QED) is 0.793. The van der Waals surface area contributed by atoms with Gasteiger partial charge >= 0.3 is 12.1 Å². The molecule has 1 aliphatic heterocycles. The van der Waals surface area contributed by atoms with Crippen LogP contribution in [0.4, 0.5) is 4.79 Å². The highest BCUT2D eigenvalue weighted by atomic mass is 16.6. The number of hydrogen-bond acceptors (Lipinski definition) is 5. The summed E-state index contributed by atoms with van der Waals surface area (Å²) in [4.78, 5) is 25.3. The van der Waals surface area contributed by atoms with Gasteiger partial charge in [0.1, 0.15) is 11.4 Å². The van der Waals surface area contributed by atoms with Crippen LogP contribution in [0.2, 0.25) is 0 Å². The number of ether oxygens (including phenoxy) is 3. The van der Waals surface area contributed by atoms with Crippen molar-refractivity contribution in [3.05, 3.63) is 53.1 Å². The van der Waals surface area contributed by atoms with E-state index in [1.54, 1.807) is 11.0 Å². The van der Waals surface area contributed by atoms with Crippen molar-refractivity contribution in [2.24, 2.45) is 0 Å². The predicted molar refractivity (Wildman–Crippen MR) is 112 cm³/mol. The van der Waals surface area contributed by atoms with E-state index in [0.29, 0.717) is 36.8 Å². The van der Waals surface area contributed by atoms with Crippen molar-refractivity contribution in [1.29, 1.82) is 0 Å². The third-order valence-electron chi connectivity index (χ3n) is 4.77. The second-order valence-electron chi connectivity index (χ2n) is 8.17. The maximum absolute atomic E-state index is 12.4. The Balaban J connectivity index is 1.74. The van der Waals surface area contributed by atoms with E-state index in [1.165, 1.54) is 24.8 Å². The molecule has 7 heteroatoms. The molecule has 160 valence electrons. The maximum atomic E-state index is 12.4. The van der Waals surface area contributed by atoms with Gasteiger partial charge in [-0.1, -0.05) is 6.07 Å². The SMILES string of the molecule is COc1cc(C(=O)O)ccc1Oc1ccc2c(c1)CCN(C(=O)OC(C)(C)C)CC2. The lowest BCUT2D eigenvalue weighted by atomic mass is 10.0. The Hall–Kier alpha value is -3.22. The number of nitrogens with zero attached hydrogens (tertiary/aromatic N) is 1. The molecular weight excluding hydrogens is 386 g/mol. The molecule has 1 amide bonds. The van der Waals surface area contributed by atoms with Crippen LogP contribution in [0.1, 0.15) is 42.3 Å². The van der Waals surface area contributed by atoms with Crippen LogP contribution in [0.15, 0.2) is 36.4 Å². The molecule has 1 aliphatic rings. The summed E-state index contributed by atoms with van der Waals surface area (Å²) in [5.41, 5.74) is 1.89. The number of aromatic carboxylic acids is 1. The highest BCUT2D eigenvalue weighted by Crippen LogP contribution is 2.33. The summed E-state index contributed by atoms with van der Waals surface area (Å²) in [6, 6.07) is 10.3. The Bertz CT molecular complexity index is 947. The molecule has 0 spiro atoms. The van der Waals surface area contributed by atoms with Crippen LogP contribution in [0, 0.1) is 0 Å². The van der Waals surface area contributed by atoms with Crippen molar-refractivity contribution in [2.75, 3.05) is 20.2 Å². The van der Waals surface area contributed by atoms with Crippen LogP contribution < -0.4 is 9.47 Å². The normalized spacial score (nSPS) is 13.8. The predicted octanol–water partition coefficient (Wildman–Crippen LogP) is 4.52. The molecule has 2 aromatic carbocycles. The molecule has 0 saturated carbocycles. The Morgan fingerprint density at radius 1 is 0.967 bits per heavy atom. The van der Waals surface area contributed by atoms with Gasteiger partial charge in [-0.25, -0.2) is 9.59 Å². The van der Waals surface area contributed by atoms with E-state index in [1.807, 2.05) is 39.0 Å². The number of carbonyl (C=O) groups is 2. The molecule has 1 N–H and O–H groups in total. The lowest BCUT2D eigenvalue weighted by molar-refractivity contribution is 0.0258. The minimum absolute atomic E-state index is 0.128. The third-order valence-corrected chi connectivity index (χ3v) is 4.77. The number of rotatable bonds is 4. The van der Waals surface area contributed by atoms with E-state index in [0.717, 1.165) is 12.0 Å². The monoisotopic (exact) mass is 413 g/mol. The molecular formula is C23H27NO6. The Labute approximate surface area is 176 Å². The highest BCUT2D eigenvalue weighted by Gasteiger charge is 2.24. The summed E-state index contributed by atoms with van der Waals surface area (Å²) < 4.78 is 16.7. The molecule has 30 heavy (non-hydrogen) atoms. The first kappa shape index (κ1) is 21.5. The number of amides is 1. The van der Waals surface area contributed by atoms with Crippen LogP contribution >= 0.6 is 0 Å². The number of fused-ring (bicyclic) bond motifs is 1. The fraction of sp³-hybridized carbons (Fsp3) is 0.391. The smallest absolute Gasteiger partial charge is 0.410 e. The fourth-order valence-electron chi connectivity index (χ4n) is 3.29. The summed E-state index contributed by atoms with van der Waals surface area (Å²) in [6.45, 7) is 6.75. The molecule has 7 nitrogen and oxygen atoms in total. The standard InChI is InChI=1S/C23H27NO6/c1-23(2,3)30-22(27)24-11-9-15-5-7-18(13-16(15)10-12-24)29-19-8-6-17(21(25)26)14-20(19)28-4/h5-8,13-14H,9-12H2,1-4H3,(H,25,26). The minimum Gasteiger partial charge on any atom is -0.493 e. The topological polar surface area (TPSA) is 85.3 Å². The average Bonchev–Trinajstić information content (AvgIpc) is 2.89. The van der Waals surface area contributed by atoms with Gasteiger partial charge < -0.3 is 24.2 Å². The van der Waals surface area contributed by atoms with Crippen LogP contribution in [-0.2, 0) is 17.6 Å². The molecule has 0 radical (unpaired) electrons. The summed E-state index contributed by atoms with van der Waals surface area (Å²) in [7, 11) is 1.47. The van der Waals surface area contributed by atoms with Gasteiger partial charge in [0.05, 0.1) is 12.7 Å². The first-order valence-electron chi connectivity index (χ1n) is 9.85. The summed E-state index contributed by atoms with van der Waals surface area (Å²) >= 11 is 0.